The Morgan fingerprint density at radius 1 is 1.22 bits per heavy atom. The van der Waals surface area contributed by atoms with Crippen LogP contribution in [0.15, 0.2) is 0 Å². The Hall–Kier alpha value is -1.92. The average molecular weight is 320 g/mol. The van der Waals surface area contributed by atoms with Crippen molar-refractivity contribution in [1.29, 1.82) is 0 Å². The second-order valence-corrected chi connectivity index (χ2v) is 6.69. The fraction of sp³-hybridized carbons (Fsp3) is 0.750. The number of aromatic nitrogens is 3. The summed E-state index contributed by atoms with van der Waals surface area (Å²) in [6, 6.07) is -0.823. The molecule has 1 aliphatic carbocycles. The molecule has 0 spiro atoms. The number of carbonyl (C=O) groups is 2. The summed E-state index contributed by atoms with van der Waals surface area (Å²) in [5.74, 6) is 0.947. The van der Waals surface area contributed by atoms with Crippen molar-refractivity contribution >= 4 is 11.9 Å². The van der Waals surface area contributed by atoms with Crippen LogP contribution >= 0.6 is 0 Å². The fourth-order valence-electron chi connectivity index (χ4n) is 3.73. The summed E-state index contributed by atoms with van der Waals surface area (Å²) in [4.78, 5) is 25.6. The van der Waals surface area contributed by atoms with Gasteiger partial charge in [-0.3, -0.25) is 4.79 Å². The molecule has 3 rings (SSSR count). The highest BCUT2D eigenvalue weighted by molar-refractivity contribution is 5.83. The van der Waals surface area contributed by atoms with E-state index in [1.165, 1.54) is 37.0 Å². The van der Waals surface area contributed by atoms with E-state index in [1.54, 1.807) is 11.5 Å². The number of hydrogen-bond donors (Lipinski definition) is 1. The van der Waals surface area contributed by atoms with Crippen molar-refractivity contribution in [3.05, 3.63) is 11.6 Å². The lowest BCUT2D eigenvalue weighted by molar-refractivity contribution is -0.153. The Labute approximate surface area is 135 Å². The first-order valence-corrected chi connectivity index (χ1v) is 8.47. The molecule has 1 saturated carbocycles. The summed E-state index contributed by atoms with van der Waals surface area (Å²) in [5.41, 5.74) is 0. The Morgan fingerprint density at radius 2 is 1.96 bits per heavy atom. The molecule has 1 atom stereocenters. The molecule has 2 heterocycles. The number of carboxylic acid groups (broad SMARTS) is 1. The third-order valence-corrected chi connectivity index (χ3v) is 5.15. The van der Waals surface area contributed by atoms with Crippen molar-refractivity contribution in [1.82, 2.24) is 19.7 Å². The molecule has 1 aromatic rings. The predicted molar refractivity (Wildman–Crippen MR) is 82.5 cm³/mol. The van der Waals surface area contributed by atoms with Gasteiger partial charge in [0.1, 0.15) is 11.9 Å². The topological polar surface area (TPSA) is 88.3 Å². The van der Waals surface area contributed by atoms with Gasteiger partial charge in [0.25, 0.3) is 0 Å². The van der Waals surface area contributed by atoms with Crippen LogP contribution in [-0.2, 0) is 22.7 Å². The lowest BCUT2D eigenvalue weighted by Crippen LogP contribution is -2.50. The van der Waals surface area contributed by atoms with Crippen molar-refractivity contribution < 1.29 is 14.7 Å². The molecule has 1 aromatic heterocycles. The highest BCUT2D eigenvalue weighted by atomic mass is 16.4. The van der Waals surface area contributed by atoms with Gasteiger partial charge in [0.05, 0.1) is 13.1 Å². The number of carboxylic acids is 1. The summed E-state index contributed by atoms with van der Waals surface area (Å²) < 4.78 is 1.80. The first-order valence-electron chi connectivity index (χ1n) is 8.47. The maximum absolute atomic E-state index is 12.6. The third kappa shape index (κ3) is 3.38. The molecule has 0 bridgehead atoms. The molecular weight excluding hydrogens is 296 g/mol. The summed E-state index contributed by atoms with van der Waals surface area (Å²) in [6.45, 7) is 2.27. The van der Waals surface area contributed by atoms with Crippen molar-refractivity contribution in [3.63, 3.8) is 0 Å². The Kier molecular flexibility index (Phi) is 4.63. The quantitative estimate of drug-likeness (QED) is 0.913. The Bertz CT molecular complexity index is 592. The summed E-state index contributed by atoms with van der Waals surface area (Å²) in [6.07, 6.45) is 7.50. The van der Waals surface area contributed by atoms with Crippen LogP contribution < -0.4 is 0 Å². The number of carbonyl (C=O) groups excluding carboxylic acids is 1. The molecule has 2 aliphatic rings. The van der Waals surface area contributed by atoms with Gasteiger partial charge in [-0.2, -0.15) is 0 Å². The lowest BCUT2D eigenvalue weighted by atomic mass is 9.86. The van der Waals surface area contributed by atoms with Crippen molar-refractivity contribution in [2.45, 2.75) is 71.0 Å². The molecule has 1 aliphatic heterocycles. The number of aliphatic carboxylic acids is 1. The van der Waals surface area contributed by atoms with Crippen LogP contribution in [0.2, 0.25) is 0 Å². The minimum absolute atomic E-state index is 0.0742. The van der Waals surface area contributed by atoms with E-state index < -0.39 is 12.0 Å². The van der Waals surface area contributed by atoms with E-state index in [1.807, 2.05) is 0 Å². The fourth-order valence-corrected chi connectivity index (χ4v) is 3.73. The van der Waals surface area contributed by atoms with Crippen LogP contribution in [0.4, 0.5) is 0 Å². The second kappa shape index (κ2) is 6.68. The van der Waals surface area contributed by atoms with Crippen LogP contribution in [0, 0.1) is 12.8 Å². The SMILES string of the molecule is Cc1nnc2n1CC(C(=O)O)N(C(=O)CCC1CCCCC1)C2. The molecule has 1 amide bonds. The molecule has 7 heteroatoms. The van der Waals surface area contributed by atoms with E-state index in [0.29, 0.717) is 24.0 Å². The molecule has 0 saturated heterocycles. The normalized spacial score (nSPS) is 22.0. The Morgan fingerprint density at radius 3 is 2.65 bits per heavy atom. The van der Waals surface area contributed by atoms with E-state index in [0.717, 1.165) is 6.42 Å². The van der Waals surface area contributed by atoms with Gasteiger partial charge < -0.3 is 14.6 Å². The van der Waals surface area contributed by atoms with Crippen LogP contribution in [0.3, 0.4) is 0 Å². The van der Waals surface area contributed by atoms with Crippen molar-refractivity contribution in [2.24, 2.45) is 5.92 Å². The summed E-state index contributed by atoms with van der Waals surface area (Å²) in [7, 11) is 0. The predicted octanol–water partition coefficient (Wildman–Crippen LogP) is 1.74. The lowest BCUT2D eigenvalue weighted by Gasteiger charge is -2.34. The van der Waals surface area contributed by atoms with Gasteiger partial charge in [0, 0.05) is 6.42 Å². The average Bonchev–Trinajstić information content (AvgIpc) is 2.93. The first kappa shape index (κ1) is 16.0. The van der Waals surface area contributed by atoms with Crippen LogP contribution in [0.25, 0.3) is 0 Å². The van der Waals surface area contributed by atoms with Gasteiger partial charge in [-0.15, -0.1) is 10.2 Å². The van der Waals surface area contributed by atoms with Crippen molar-refractivity contribution in [2.75, 3.05) is 0 Å². The molecule has 23 heavy (non-hydrogen) atoms. The van der Waals surface area contributed by atoms with Gasteiger partial charge in [-0.05, 0) is 19.3 Å². The minimum atomic E-state index is -0.963. The highest BCUT2D eigenvalue weighted by Crippen LogP contribution is 2.28. The van der Waals surface area contributed by atoms with Gasteiger partial charge in [-0.1, -0.05) is 32.1 Å². The number of nitrogens with zero attached hydrogens (tertiary/aromatic N) is 4. The number of rotatable bonds is 4. The molecule has 1 unspecified atom stereocenters. The van der Waals surface area contributed by atoms with Gasteiger partial charge in [-0.25, -0.2) is 4.79 Å². The van der Waals surface area contributed by atoms with E-state index in [-0.39, 0.29) is 19.0 Å². The van der Waals surface area contributed by atoms with Crippen LogP contribution in [0.1, 0.15) is 56.6 Å². The number of fused-ring (bicyclic) bond motifs is 1. The van der Waals surface area contributed by atoms with E-state index in [9.17, 15) is 14.7 Å². The number of aryl methyl sites for hydroxylation is 1. The van der Waals surface area contributed by atoms with E-state index >= 15 is 0 Å². The van der Waals surface area contributed by atoms with Gasteiger partial charge >= 0.3 is 5.97 Å². The molecule has 0 aromatic carbocycles. The number of hydrogen-bond acceptors (Lipinski definition) is 4. The zero-order chi connectivity index (χ0) is 16.4. The molecule has 0 radical (unpaired) electrons. The molecule has 1 N–H and O–H groups in total. The monoisotopic (exact) mass is 320 g/mol. The van der Waals surface area contributed by atoms with Crippen LogP contribution in [0.5, 0.6) is 0 Å². The van der Waals surface area contributed by atoms with E-state index in [2.05, 4.69) is 10.2 Å². The van der Waals surface area contributed by atoms with E-state index in [4.69, 9.17) is 0 Å². The standard InChI is InChI=1S/C16H24N4O3/c1-11-17-18-14-10-20(13(16(22)23)9-19(11)14)15(21)8-7-12-5-3-2-4-6-12/h12-13H,2-10H2,1H3,(H,22,23). The zero-order valence-electron chi connectivity index (χ0n) is 13.6. The van der Waals surface area contributed by atoms with Gasteiger partial charge in [0.15, 0.2) is 5.82 Å². The third-order valence-electron chi connectivity index (χ3n) is 5.15. The smallest absolute Gasteiger partial charge is 0.328 e. The maximum atomic E-state index is 12.6. The first-order chi connectivity index (χ1) is 11.1. The zero-order valence-corrected chi connectivity index (χ0v) is 13.6. The summed E-state index contributed by atoms with van der Waals surface area (Å²) >= 11 is 0. The van der Waals surface area contributed by atoms with Crippen LogP contribution in [-0.4, -0.2) is 42.7 Å². The number of amides is 1. The molecular formula is C16H24N4O3. The molecule has 7 nitrogen and oxygen atoms in total. The highest BCUT2D eigenvalue weighted by Gasteiger charge is 2.36. The van der Waals surface area contributed by atoms with Crippen molar-refractivity contribution in [3.8, 4) is 0 Å². The molecule has 126 valence electrons. The molecule has 1 fully saturated rings. The summed E-state index contributed by atoms with van der Waals surface area (Å²) in [5, 5.41) is 17.5. The largest absolute Gasteiger partial charge is 0.480 e. The van der Waals surface area contributed by atoms with Gasteiger partial charge in [0.2, 0.25) is 5.91 Å². The maximum Gasteiger partial charge on any atom is 0.328 e. The Balaban J connectivity index is 1.66. The second-order valence-electron chi connectivity index (χ2n) is 6.69. The minimum Gasteiger partial charge on any atom is -0.480 e.